The van der Waals surface area contributed by atoms with Crippen LogP contribution in [0.3, 0.4) is 0 Å². The summed E-state index contributed by atoms with van der Waals surface area (Å²) >= 11 is 1.76. The van der Waals surface area contributed by atoms with Crippen LogP contribution >= 0.6 is 11.3 Å². The molecule has 96 valence electrons. The Hall–Kier alpha value is -1.63. The molecule has 0 amide bonds. The summed E-state index contributed by atoms with van der Waals surface area (Å²) in [4.78, 5) is 2.50. The van der Waals surface area contributed by atoms with Crippen molar-refractivity contribution in [2.75, 3.05) is 6.54 Å². The largest absolute Gasteiger partial charge is 0.292 e. The molecule has 1 aliphatic rings. The Morgan fingerprint density at radius 2 is 2.21 bits per heavy atom. The average molecular weight is 268 g/mol. The molecule has 19 heavy (non-hydrogen) atoms. The Morgan fingerprint density at radius 1 is 1.32 bits per heavy atom. The Morgan fingerprint density at radius 3 is 3.00 bits per heavy atom. The first-order chi connectivity index (χ1) is 9.38. The zero-order valence-electron chi connectivity index (χ0n) is 10.7. The molecule has 3 rings (SSSR count). The third-order valence-electron chi connectivity index (χ3n) is 3.80. The average Bonchev–Trinajstić information content (AvgIpc) is 3.09. The summed E-state index contributed by atoms with van der Waals surface area (Å²) in [7, 11) is 0. The Balaban J connectivity index is 1.81. The second-order valence-corrected chi connectivity index (χ2v) is 5.73. The number of likely N-dealkylation sites (tertiary alicyclic amines) is 1. The molecule has 3 heteroatoms. The van der Waals surface area contributed by atoms with Gasteiger partial charge in [0.05, 0.1) is 11.6 Å². The molecule has 0 N–H and O–H groups in total. The van der Waals surface area contributed by atoms with E-state index in [4.69, 9.17) is 0 Å². The molecule has 2 heterocycles. The first-order valence-corrected chi connectivity index (χ1v) is 7.57. The van der Waals surface area contributed by atoms with Crippen molar-refractivity contribution in [3.63, 3.8) is 0 Å². The molecule has 2 nitrogen and oxygen atoms in total. The second kappa shape index (κ2) is 5.56. The summed E-state index contributed by atoms with van der Waals surface area (Å²) in [6.45, 7) is 2.00. The van der Waals surface area contributed by atoms with Crippen LogP contribution in [0.15, 0.2) is 41.1 Å². The standard InChI is InChI=1S/C16H16N2S/c17-10-13-4-1-2-5-14(13)11-18-8-3-6-16(18)15-7-9-19-12-15/h1-2,4-5,7,9,12,16H,3,6,8,11H2. The quantitative estimate of drug-likeness (QED) is 0.842. The van der Waals surface area contributed by atoms with Gasteiger partial charge in [0.15, 0.2) is 0 Å². The zero-order chi connectivity index (χ0) is 13.1. The van der Waals surface area contributed by atoms with Crippen LogP contribution in [0.5, 0.6) is 0 Å². The van der Waals surface area contributed by atoms with Crippen molar-refractivity contribution < 1.29 is 0 Å². The predicted molar refractivity (Wildman–Crippen MR) is 77.9 cm³/mol. The number of rotatable bonds is 3. The van der Waals surface area contributed by atoms with E-state index in [-0.39, 0.29) is 0 Å². The van der Waals surface area contributed by atoms with Crippen LogP contribution in [0.25, 0.3) is 0 Å². The number of nitriles is 1. The van der Waals surface area contributed by atoms with Crippen LogP contribution < -0.4 is 0 Å². The van der Waals surface area contributed by atoms with Gasteiger partial charge in [-0.3, -0.25) is 4.90 Å². The molecule has 0 aliphatic carbocycles. The van der Waals surface area contributed by atoms with Gasteiger partial charge in [-0.15, -0.1) is 0 Å². The fourth-order valence-electron chi connectivity index (χ4n) is 2.84. The van der Waals surface area contributed by atoms with E-state index in [1.165, 1.54) is 18.4 Å². The third kappa shape index (κ3) is 2.56. The molecule has 1 unspecified atom stereocenters. The Labute approximate surface area is 117 Å². The van der Waals surface area contributed by atoms with Gasteiger partial charge in [0, 0.05) is 12.6 Å². The zero-order valence-corrected chi connectivity index (χ0v) is 11.6. The van der Waals surface area contributed by atoms with Crippen molar-refractivity contribution in [2.24, 2.45) is 0 Å². The monoisotopic (exact) mass is 268 g/mol. The van der Waals surface area contributed by atoms with E-state index in [9.17, 15) is 5.26 Å². The van der Waals surface area contributed by atoms with Gasteiger partial charge in [-0.2, -0.15) is 16.6 Å². The number of hydrogen-bond acceptors (Lipinski definition) is 3. The lowest BCUT2D eigenvalue weighted by molar-refractivity contribution is 0.249. The molecule has 1 saturated heterocycles. The van der Waals surface area contributed by atoms with Gasteiger partial charge < -0.3 is 0 Å². The number of nitrogens with zero attached hydrogens (tertiary/aromatic N) is 2. The van der Waals surface area contributed by atoms with Crippen molar-refractivity contribution in [2.45, 2.75) is 25.4 Å². The maximum Gasteiger partial charge on any atom is 0.0995 e. The van der Waals surface area contributed by atoms with Gasteiger partial charge in [-0.25, -0.2) is 0 Å². The summed E-state index contributed by atoms with van der Waals surface area (Å²) in [5.41, 5.74) is 3.38. The first-order valence-electron chi connectivity index (χ1n) is 6.62. The highest BCUT2D eigenvalue weighted by atomic mass is 32.1. The Bertz CT molecular complexity index is 583. The SMILES string of the molecule is N#Cc1ccccc1CN1CCCC1c1ccsc1. The van der Waals surface area contributed by atoms with Crippen LogP contribution in [0, 0.1) is 11.3 Å². The fraction of sp³-hybridized carbons (Fsp3) is 0.312. The molecule has 2 aromatic rings. The van der Waals surface area contributed by atoms with Crippen LogP contribution in [-0.2, 0) is 6.54 Å². The van der Waals surface area contributed by atoms with E-state index in [2.05, 4.69) is 33.9 Å². The van der Waals surface area contributed by atoms with Gasteiger partial charge in [-0.1, -0.05) is 18.2 Å². The maximum absolute atomic E-state index is 9.18. The summed E-state index contributed by atoms with van der Waals surface area (Å²) in [6, 6.07) is 13.0. The third-order valence-corrected chi connectivity index (χ3v) is 4.50. The Kier molecular flexibility index (Phi) is 3.63. The van der Waals surface area contributed by atoms with Crippen molar-refractivity contribution in [3.8, 4) is 6.07 Å². The minimum atomic E-state index is 0.526. The molecule has 1 aromatic heterocycles. The van der Waals surface area contributed by atoms with E-state index in [0.29, 0.717) is 6.04 Å². The van der Waals surface area contributed by atoms with E-state index in [1.54, 1.807) is 11.3 Å². The van der Waals surface area contributed by atoms with Crippen molar-refractivity contribution in [1.82, 2.24) is 4.90 Å². The number of benzene rings is 1. The van der Waals surface area contributed by atoms with E-state index in [1.807, 2.05) is 18.2 Å². The molecule has 1 fully saturated rings. The predicted octanol–water partition coefficient (Wildman–Crippen LogP) is 3.96. The van der Waals surface area contributed by atoms with Crippen LogP contribution in [-0.4, -0.2) is 11.4 Å². The van der Waals surface area contributed by atoms with Gasteiger partial charge >= 0.3 is 0 Å². The summed E-state index contributed by atoms with van der Waals surface area (Å²) in [5.74, 6) is 0. The molecule has 0 radical (unpaired) electrons. The molecule has 1 aromatic carbocycles. The maximum atomic E-state index is 9.18. The van der Waals surface area contributed by atoms with Gasteiger partial charge in [-0.05, 0) is 53.4 Å². The highest BCUT2D eigenvalue weighted by molar-refractivity contribution is 7.07. The van der Waals surface area contributed by atoms with Crippen LogP contribution in [0.2, 0.25) is 0 Å². The van der Waals surface area contributed by atoms with E-state index in [0.717, 1.165) is 24.2 Å². The van der Waals surface area contributed by atoms with E-state index < -0.39 is 0 Å². The molecule has 1 atom stereocenters. The highest BCUT2D eigenvalue weighted by Gasteiger charge is 2.26. The van der Waals surface area contributed by atoms with Crippen molar-refractivity contribution in [1.29, 1.82) is 5.26 Å². The summed E-state index contributed by atoms with van der Waals surface area (Å²) in [5, 5.41) is 13.6. The molecule has 0 saturated carbocycles. The lowest BCUT2D eigenvalue weighted by atomic mass is 10.1. The number of hydrogen-bond donors (Lipinski definition) is 0. The minimum Gasteiger partial charge on any atom is -0.292 e. The number of thiophene rings is 1. The van der Waals surface area contributed by atoms with Crippen LogP contribution in [0.4, 0.5) is 0 Å². The van der Waals surface area contributed by atoms with Crippen molar-refractivity contribution in [3.05, 3.63) is 57.8 Å². The molecular formula is C16H16N2S. The van der Waals surface area contributed by atoms with Gasteiger partial charge in [0.1, 0.15) is 0 Å². The lowest BCUT2D eigenvalue weighted by Gasteiger charge is -2.24. The topological polar surface area (TPSA) is 27.0 Å². The molecule has 0 spiro atoms. The lowest BCUT2D eigenvalue weighted by Crippen LogP contribution is -2.22. The fourth-order valence-corrected chi connectivity index (χ4v) is 3.55. The molecular weight excluding hydrogens is 252 g/mol. The van der Waals surface area contributed by atoms with Crippen molar-refractivity contribution >= 4 is 11.3 Å². The van der Waals surface area contributed by atoms with Gasteiger partial charge in [0.2, 0.25) is 0 Å². The summed E-state index contributed by atoms with van der Waals surface area (Å²) < 4.78 is 0. The van der Waals surface area contributed by atoms with Crippen LogP contribution in [0.1, 0.15) is 35.6 Å². The normalized spacial score (nSPS) is 19.4. The minimum absolute atomic E-state index is 0.526. The molecule has 1 aliphatic heterocycles. The highest BCUT2D eigenvalue weighted by Crippen LogP contribution is 2.34. The summed E-state index contributed by atoms with van der Waals surface area (Å²) in [6.07, 6.45) is 2.47. The smallest absolute Gasteiger partial charge is 0.0995 e. The molecule has 0 bridgehead atoms. The van der Waals surface area contributed by atoms with E-state index >= 15 is 0 Å². The second-order valence-electron chi connectivity index (χ2n) is 4.95. The first kappa shape index (κ1) is 12.4. The van der Waals surface area contributed by atoms with Gasteiger partial charge in [0.25, 0.3) is 0 Å².